The Hall–Kier alpha value is -2.70. The SMILES string of the molecule is CCn1nc2c(c1C)C(c1cc(OC)c3c(c1)OCO3)CC(=O)N2. The van der Waals surface area contributed by atoms with Crippen LogP contribution in [0, 0.1) is 6.92 Å². The number of carbonyl (C=O) groups is 1. The maximum atomic E-state index is 12.2. The monoisotopic (exact) mass is 329 g/mol. The Balaban J connectivity index is 1.86. The number of benzene rings is 1. The Labute approximate surface area is 139 Å². The average Bonchev–Trinajstić information content (AvgIpc) is 3.17. The number of methoxy groups -OCH3 is 1. The number of nitrogens with one attached hydrogen (secondary N) is 1. The van der Waals surface area contributed by atoms with E-state index in [1.165, 1.54) is 0 Å². The highest BCUT2D eigenvalue weighted by Gasteiger charge is 2.33. The predicted octanol–water partition coefficient (Wildman–Crippen LogP) is 2.42. The van der Waals surface area contributed by atoms with Gasteiger partial charge in [-0.05, 0) is 31.5 Å². The second-order valence-electron chi connectivity index (χ2n) is 5.93. The molecule has 1 N–H and O–H groups in total. The summed E-state index contributed by atoms with van der Waals surface area (Å²) in [5.74, 6) is 2.41. The lowest BCUT2D eigenvalue weighted by Crippen LogP contribution is -2.23. The molecule has 1 unspecified atom stereocenters. The highest BCUT2D eigenvalue weighted by atomic mass is 16.7. The van der Waals surface area contributed by atoms with E-state index >= 15 is 0 Å². The van der Waals surface area contributed by atoms with Gasteiger partial charge in [0.25, 0.3) is 0 Å². The number of aryl methyl sites for hydroxylation is 1. The molecule has 3 heterocycles. The number of carbonyl (C=O) groups excluding carboxylic acids is 1. The molecule has 24 heavy (non-hydrogen) atoms. The molecular weight excluding hydrogens is 310 g/mol. The molecule has 7 heteroatoms. The van der Waals surface area contributed by atoms with Crippen molar-refractivity contribution in [2.75, 3.05) is 19.2 Å². The number of nitrogens with zero attached hydrogens (tertiary/aromatic N) is 2. The van der Waals surface area contributed by atoms with Crippen molar-refractivity contribution in [3.8, 4) is 17.2 Å². The van der Waals surface area contributed by atoms with Gasteiger partial charge in [-0.1, -0.05) is 0 Å². The Morgan fingerprint density at radius 3 is 3.00 bits per heavy atom. The maximum Gasteiger partial charge on any atom is 0.231 e. The van der Waals surface area contributed by atoms with Gasteiger partial charge in [0.05, 0.1) is 7.11 Å². The number of hydrogen-bond donors (Lipinski definition) is 1. The molecule has 1 atom stereocenters. The van der Waals surface area contributed by atoms with Gasteiger partial charge in [0, 0.05) is 30.1 Å². The van der Waals surface area contributed by atoms with Crippen molar-refractivity contribution in [2.24, 2.45) is 0 Å². The van der Waals surface area contributed by atoms with E-state index in [9.17, 15) is 4.79 Å². The fourth-order valence-corrected chi connectivity index (χ4v) is 3.48. The third kappa shape index (κ3) is 2.11. The van der Waals surface area contributed by atoms with E-state index in [-0.39, 0.29) is 18.6 Å². The molecule has 0 saturated heterocycles. The smallest absolute Gasteiger partial charge is 0.231 e. The molecule has 2 aliphatic heterocycles. The van der Waals surface area contributed by atoms with Crippen molar-refractivity contribution in [2.45, 2.75) is 32.7 Å². The number of fused-ring (bicyclic) bond motifs is 2. The molecular formula is C17H19N3O4. The average molecular weight is 329 g/mol. The lowest BCUT2D eigenvalue weighted by molar-refractivity contribution is -0.116. The van der Waals surface area contributed by atoms with Crippen molar-refractivity contribution in [3.05, 3.63) is 29.0 Å². The second kappa shape index (κ2) is 5.43. The summed E-state index contributed by atoms with van der Waals surface area (Å²) in [7, 11) is 1.60. The zero-order chi connectivity index (χ0) is 16.8. The van der Waals surface area contributed by atoms with Crippen molar-refractivity contribution in [3.63, 3.8) is 0 Å². The standard InChI is InChI=1S/C17H19N3O4/c1-4-20-9(2)15-11(7-14(21)18-17(15)19-20)10-5-12(22-3)16-13(6-10)23-8-24-16/h5-6,11H,4,7-8H2,1-3H3,(H,18,19,21). The summed E-state index contributed by atoms with van der Waals surface area (Å²) in [6, 6.07) is 3.85. The molecule has 0 fully saturated rings. The first-order valence-electron chi connectivity index (χ1n) is 7.97. The van der Waals surface area contributed by atoms with Gasteiger partial charge in [0.2, 0.25) is 18.4 Å². The van der Waals surface area contributed by atoms with Crippen LogP contribution in [0.25, 0.3) is 0 Å². The molecule has 1 aromatic heterocycles. The van der Waals surface area contributed by atoms with Crippen LogP contribution in [-0.4, -0.2) is 29.6 Å². The van der Waals surface area contributed by atoms with Gasteiger partial charge in [0.1, 0.15) is 0 Å². The van der Waals surface area contributed by atoms with Crippen LogP contribution in [0.1, 0.15) is 36.1 Å². The highest BCUT2D eigenvalue weighted by Crippen LogP contribution is 2.47. The first-order chi connectivity index (χ1) is 11.6. The Morgan fingerprint density at radius 2 is 2.25 bits per heavy atom. The number of ether oxygens (including phenoxy) is 3. The predicted molar refractivity (Wildman–Crippen MR) is 86.8 cm³/mol. The highest BCUT2D eigenvalue weighted by molar-refractivity contribution is 5.94. The number of aromatic nitrogens is 2. The number of hydrogen-bond acceptors (Lipinski definition) is 5. The van der Waals surface area contributed by atoms with Crippen molar-refractivity contribution in [1.29, 1.82) is 0 Å². The Morgan fingerprint density at radius 1 is 1.42 bits per heavy atom. The van der Waals surface area contributed by atoms with Crippen molar-refractivity contribution < 1.29 is 19.0 Å². The molecule has 0 saturated carbocycles. The van der Waals surface area contributed by atoms with Gasteiger partial charge >= 0.3 is 0 Å². The second-order valence-corrected chi connectivity index (χ2v) is 5.93. The lowest BCUT2D eigenvalue weighted by Gasteiger charge is -2.23. The molecule has 126 valence electrons. The number of anilines is 1. The minimum atomic E-state index is -0.0857. The summed E-state index contributed by atoms with van der Waals surface area (Å²) >= 11 is 0. The molecule has 2 aliphatic rings. The van der Waals surface area contributed by atoms with Gasteiger partial charge in [-0.2, -0.15) is 5.10 Å². The van der Waals surface area contributed by atoms with Crippen LogP contribution in [0.5, 0.6) is 17.2 Å². The van der Waals surface area contributed by atoms with E-state index in [4.69, 9.17) is 14.2 Å². The molecule has 0 radical (unpaired) electrons. The van der Waals surface area contributed by atoms with Gasteiger partial charge in [-0.3, -0.25) is 9.48 Å². The molecule has 1 amide bonds. The third-order valence-corrected chi connectivity index (χ3v) is 4.63. The molecule has 0 bridgehead atoms. The topological polar surface area (TPSA) is 74.6 Å². The normalized spacial score (nSPS) is 18.3. The Bertz CT molecular complexity index is 828. The van der Waals surface area contributed by atoms with Crippen molar-refractivity contribution in [1.82, 2.24) is 9.78 Å². The minimum absolute atomic E-state index is 0.0371. The van der Waals surface area contributed by atoms with Crippen LogP contribution < -0.4 is 19.5 Å². The number of amides is 1. The van der Waals surface area contributed by atoms with Crippen LogP contribution in [-0.2, 0) is 11.3 Å². The summed E-state index contributed by atoms with van der Waals surface area (Å²) in [4.78, 5) is 12.2. The zero-order valence-electron chi connectivity index (χ0n) is 13.9. The van der Waals surface area contributed by atoms with Gasteiger partial charge in [-0.15, -0.1) is 0 Å². The maximum absolute atomic E-state index is 12.2. The molecule has 2 aromatic rings. The van der Waals surface area contributed by atoms with Crippen LogP contribution in [0.3, 0.4) is 0 Å². The van der Waals surface area contributed by atoms with Crippen LogP contribution in [0.15, 0.2) is 12.1 Å². The quantitative estimate of drug-likeness (QED) is 0.936. The van der Waals surface area contributed by atoms with E-state index in [1.807, 2.05) is 30.7 Å². The molecule has 0 spiro atoms. The van der Waals surface area contributed by atoms with Gasteiger partial charge in [0.15, 0.2) is 17.3 Å². The summed E-state index contributed by atoms with van der Waals surface area (Å²) in [6.45, 7) is 5.00. The largest absolute Gasteiger partial charge is 0.493 e. The van der Waals surface area contributed by atoms with E-state index in [0.29, 0.717) is 29.5 Å². The first kappa shape index (κ1) is 14.9. The first-order valence-corrected chi connectivity index (χ1v) is 7.97. The fraction of sp³-hybridized carbons (Fsp3) is 0.412. The van der Waals surface area contributed by atoms with E-state index < -0.39 is 0 Å². The van der Waals surface area contributed by atoms with Crippen LogP contribution in [0.2, 0.25) is 0 Å². The van der Waals surface area contributed by atoms with E-state index in [2.05, 4.69) is 10.4 Å². The molecule has 4 rings (SSSR count). The molecule has 1 aromatic carbocycles. The van der Waals surface area contributed by atoms with E-state index in [1.54, 1.807) is 7.11 Å². The summed E-state index contributed by atoms with van der Waals surface area (Å²) < 4.78 is 18.3. The summed E-state index contributed by atoms with van der Waals surface area (Å²) in [6.07, 6.45) is 0.367. The van der Waals surface area contributed by atoms with Gasteiger partial charge < -0.3 is 19.5 Å². The lowest BCUT2D eigenvalue weighted by atomic mass is 9.85. The Kier molecular flexibility index (Phi) is 3.37. The van der Waals surface area contributed by atoms with E-state index in [0.717, 1.165) is 23.4 Å². The fourth-order valence-electron chi connectivity index (χ4n) is 3.48. The third-order valence-electron chi connectivity index (χ3n) is 4.63. The zero-order valence-corrected chi connectivity index (χ0v) is 13.9. The number of rotatable bonds is 3. The summed E-state index contributed by atoms with van der Waals surface area (Å²) in [5.41, 5.74) is 3.08. The molecule has 0 aliphatic carbocycles. The van der Waals surface area contributed by atoms with Gasteiger partial charge in [-0.25, -0.2) is 0 Å². The molecule has 7 nitrogen and oxygen atoms in total. The minimum Gasteiger partial charge on any atom is -0.493 e. The van der Waals surface area contributed by atoms with Crippen LogP contribution in [0.4, 0.5) is 5.82 Å². The van der Waals surface area contributed by atoms with Crippen molar-refractivity contribution >= 4 is 11.7 Å². The summed E-state index contributed by atoms with van der Waals surface area (Å²) in [5, 5.41) is 7.39. The van der Waals surface area contributed by atoms with Crippen LogP contribution >= 0.6 is 0 Å².